The highest BCUT2D eigenvalue weighted by molar-refractivity contribution is 5.91. The van der Waals surface area contributed by atoms with E-state index in [1.165, 1.54) is 27.6 Å². The first-order chi connectivity index (χ1) is 12.7. The largest absolute Gasteiger partial charge is 0.385 e. The lowest BCUT2D eigenvalue weighted by molar-refractivity contribution is 0.0529. The van der Waals surface area contributed by atoms with Crippen LogP contribution >= 0.6 is 0 Å². The van der Waals surface area contributed by atoms with E-state index in [1.807, 2.05) is 13.0 Å². The standard InChI is InChI=1S/C23H26N2O2/c1-7-23(6,27)16-9-19-22-17(11-25(19)20(26)10-16)15(5)21-14(4)13(3)12(2)8-18(21)24-22/h8-10,27H,7,11H2,1-6H3. The second-order valence-corrected chi connectivity index (χ2v) is 8.08. The van der Waals surface area contributed by atoms with Gasteiger partial charge in [0.25, 0.3) is 5.56 Å². The normalized spacial score (nSPS) is 14.9. The van der Waals surface area contributed by atoms with Gasteiger partial charge in [0, 0.05) is 17.0 Å². The molecule has 2 aromatic heterocycles. The van der Waals surface area contributed by atoms with E-state index in [9.17, 15) is 9.90 Å². The Morgan fingerprint density at radius 3 is 2.48 bits per heavy atom. The summed E-state index contributed by atoms with van der Waals surface area (Å²) in [5.41, 5.74) is 8.29. The number of hydrogen-bond donors (Lipinski definition) is 1. The summed E-state index contributed by atoms with van der Waals surface area (Å²) in [6.45, 7) is 12.8. The van der Waals surface area contributed by atoms with Crippen molar-refractivity contribution in [2.75, 3.05) is 0 Å². The van der Waals surface area contributed by atoms with Crippen molar-refractivity contribution < 1.29 is 5.11 Å². The summed E-state index contributed by atoms with van der Waals surface area (Å²) in [5.74, 6) is 0. The van der Waals surface area contributed by atoms with Crippen molar-refractivity contribution in [3.8, 4) is 11.4 Å². The van der Waals surface area contributed by atoms with Gasteiger partial charge in [-0.15, -0.1) is 0 Å². The Kier molecular flexibility index (Phi) is 3.83. The van der Waals surface area contributed by atoms with Crippen molar-refractivity contribution in [2.45, 2.75) is 60.1 Å². The number of aliphatic hydroxyl groups is 1. The van der Waals surface area contributed by atoms with Gasteiger partial charge in [-0.25, -0.2) is 4.98 Å². The molecule has 1 aliphatic heterocycles. The van der Waals surface area contributed by atoms with Crippen LogP contribution in [0.15, 0.2) is 23.0 Å². The molecule has 0 saturated heterocycles. The van der Waals surface area contributed by atoms with E-state index < -0.39 is 5.60 Å². The molecule has 0 fully saturated rings. The van der Waals surface area contributed by atoms with Crippen molar-refractivity contribution in [3.63, 3.8) is 0 Å². The molecule has 1 unspecified atom stereocenters. The van der Waals surface area contributed by atoms with Crippen LogP contribution in [0, 0.1) is 27.7 Å². The van der Waals surface area contributed by atoms with Crippen LogP contribution in [-0.4, -0.2) is 14.7 Å². The van der Waals surface area contributed by atoms with Gasteiger partial charge < -0.3 is 9.67 Å². The van der Waals surface area contributed by atoms with Gasteiger partial charge in [-0.3, -0.25) is 4.79 Å². The third-order valence-corrected chi connectivity index (χ3v) is 6.48. The van der Waals surface area contributed by atoms with Crippen LogP contribution in [0.4, 0.5) is 0 Å². The fourth-order valence-electron chi connectivity index (χ4n) is 4.17. The molecule has 27 heavy (non-hydrogen) atoms. The Morgan fingerprint density at radius 2 is 1.81 bits per heavy atom. The molecule has 140 valence electrons. The predicted octanol–water partition coefficient (Wildman–Crippen LogP) is 4.28. The minimum Gasteiger partial charge on any atom is -0.385 e. The zero-order valence-corrected chi connectivity index (χ0v) is 16.9. The van der Waals surface area contributed by atoms with Gasteiger partial charge in [0.15, 0.2) is 0 Å². The Morgan fingerprint density at radius 1 is 1.11 bits per heavy atom. The summed E-state index contributed by atoms with van der Waals surface area (Å²) in [6, 6.07) is 5.63. The molecule has 4 heteroatoms. The van der Waals surface area contributed by atoms with E-state index in [4.69, 9.17) is 4.98 Å². The highest BCUT2D eigenvalue weighted by Gasteiger charge is 2.29. The van der Waals surface area contributed by atoms with Crippen molar-refractivity contribution >= 4 is 10.9 Å². The van der Waals surface area contributed by atoms with Crippen molar-refractivity contribution in [1.29, 1.82) is 0 Å². The van der Waals surface area contributed by atoms with Crippen molar-refractivity contribution in [3.05, 3.63) is 61.9 Å². The Balaban J connectivity index is 2.06. The summed E-state index contributed by atoms with van der Waals surface area (Å²) in [5, 5.41) is 11.9. The number of rotatable bonds is 2. The fraction of sp³-hybridized carbons (Fsp3) is 0.391. The Labute approximate surface area is 159 Å². The quantitative estimate of drug-likeness (QED) is 0.579. The summed E-state index contributed by atoms with van der Waals surface area (Å²) >= 11 is 0. The van der Waals surface area contributed by atoms with Gasteiger partial charge in [0.1, 0.15) is 0 Å². The molecule has 4 rings (SSSR count). The third kappa shape index (κ3) is 2.47. The van der Waals surface area contributed by atoms with Crippen molar-refractivity contribution in [2.24, 2.45) is 0 Å². The smallest absolute Gasteiger partial charge is 0.251 e. The SMILES string of the molecule is CCC(C)(O)c1cc2n(c(=O)c1)Cc1c-2nc2cc(C)c(C)c(C)c2c1C. The Hall–Kier alpha value is -2.46. The molecule has 3 aromatic rings. The van der Waals surface area contributed by atoms with E-state index in [0.717, 1.165) is 22.5 Å². The topological polar surface area (TPSA) is 55.1 Å². The van der Waals surface area contributed by atoms with Gasteiger partial charge in [-0.05, 0) is 81.0 Å². The van der Waals surface area contributed by atoms with E-state index >= 15 is 0 Å². The third-order valence-electron chi connectivity index (χ3n) is 6.48. The molecule has 0 aliphatic carbocycles. The lowest BCUT2D eigenvalue weighted by atomic mass is 9.92. The van der Waals surface area contributed by atoms with E-state index in [1.54, 1.807) is 17.6 Å². The van der Waals surface area contributed by atoms with Crippen LogP contribution in [0.1, 0.15) is 53.6 Å². The van der Waals surface area contributed by atoms with E-state index in [-0.39, 0.29) is 5.56 Å². The number of nitrogens with zero attached hydrogens (tertiary/aromatic N) is 2. The number of aryl methyl sites for hydroxylation is 3. The first-order valence-electron chi connectivity index (χ1n) is 9.53. The number of benzene rings is 1. The molecule has 1 N–H and O–H groups in total. The number of fused-ring (bicyclic) bond motifs is 4. The minimum atomic E-state index is -1.02. The Bertz CT molecular complexity index is 1170. The van der Waals surface area contributed by atoms with Crippen LogP contribution in [0.2, 0.25) is 0 Å². The average Bonchev–Trinajstić information content (AvgIpc) is 2.99. The molecule has 0 amide bonds. The second-order valence-electron chi connectivity index (χ2n) is 8.08. The van der Waals surface area contributed by atoms with Crippen LogP contribution in [0.3, 0.4) is 0 Å². The lowest BCUT2D eigenvalue weighted by Gasteiger charge is -2.22. The second kappa shape index (κ2) is 5.77. The molecule has 4 nitrogen and oxygen atoms in total. The average molecular weight is 362 g/mol. The van der Waals surface area contributed by atoms with Gasteiger partial charge in [0.2, 0.25) is 0 Å². The van der Waals surface area contributed by atoms with Gasteiger partial charge >= 0.3 is 0 Å². The fourth-order valence-corrected chi connectivity index (χ4v) is 4.17. The zero-order valence-electron chi connectivity index (χ0n) is 16.9. The van der Waals surface area contributed by atoms with Gasteiger partial charge in [-0.2, -0.15) is 0 Å². The highest BCUT2D eigenvalue weighted by Crippen LogP contribution is 2.38. The maximum absolute atomic E-state index is 12.8. The molecular weight excluding hydrogens is 336 g/mol. The molecule has 1 aromatic carbocycles. The minimum absolute atomic E-state index is 0.0817. The van der Waals surface area contributed by atoms with Crippen LogP contribution < -0.4 is 5.56 Å². The molecule has 3 heterocycles. The summed E-state index contributed by atoms with van der Waals surface area (Å²) in [4.78, 5) is 17.7. The summed E-state index contributed by atoms with van der Waals surface area (Å²) < 4.78 is 1.77. The van der Waals surface area contributed by atoms with E-state index in [0.29, 0.717) is 18.5 Å². The van der Waals surface area contributed by atoms with Gasteiger partial charge in [-0.1, -0.05) is 6.92 Å². The van der Waals surface area contributed by atoms with Crippen molar-refractivity contribution in [1.82, 2.24) is 9.55 Å². The zero-order chi connectivity index (χ0) is 19.7. The van der Waals surface area contributed by atoms with E-state index in [2.05, 4.69) is 33.8 Å². The van der Waals surface area contributed by atoms with Gasteiger partial charge in [0.05, 0.1) is 29.1 Å². The lowest BCUT2D eigenvalue weighted by Crippen LogP contribution is -2.26. The first kappa shape index (κ1) is 17.9. The molecule has 1 aliphatic rings. The molecular formula is C23H26N2O2. The van der Waals surface area contributed by atoms with Crippen LogP contribution in [0.5, 0.6) is 0 Å². The number of hydrogen-bond acceptors (Lipinski definition) is 3. The monoisotopic (exact) mass is 362 g/mol. The highest BCUT2D eigenvalue weighted by atomic mass is 16.3. The molecule has 1 atom stereocenters. The molecule has 0 spiro atoms. The predicted molar refractivity (Wildman–Crippen MR) is 109 cm³/mol. The molecule has 0 radical (unpaired) electrons. The van der Waals surface area contributed by atoms with Crippen LogP contribution in [-0.2, 0) is 12.1 Å². The first-order valence-corrected chi connectivity index (χ1v) is 9.53. The number of aromatic nitrogens is 2. The number of pyridine rings is 2. The maximum atomic E-state index is 12.8. The maximum Gasteiger partial charge on any atom is 0.251 e. The molecule has 0 bridgehead atoms. The summed E-state index contributed by atoms with van der Waals surface area (Å²) in [6.07, 6.45) is 0.546. The molecule has 0 saturated carbocycles. The van der Waals surface area contributed by atoms with Crippen LogP contribution in [0.25, 0.3) is 22.3 Å². The summed E-state index contributed by atoms with van der Waals surface area (Å²) in [7, 11) is 0.